The van der Waals surface area contributed by atoms with Gasteiger partial charge in [-0.05, 0) is 147 Å². The molecule has 7 aromatic rings. The van der Waals surface area contributed by atoms with E-state index in [0.29, 0.717) is 62.2 Å². The molecule has 0 N–H and O–H groups in total. The molecule has 7 rings (SSSR count). The van der Waals surface area contributed by atoms with Crippen LogP contribution in [0, 0.1) is 13.8 Å². The molecular weight excluding hydrogens is 853 g/mol. The molecule has 0 saturated carbocycles. The van der Waals surface area contributed by atoms with Gasteiger partial charge in [-0.1, -0.05) is 77.9 Å². The topological polar surface area (TPSA) is 123 Å². The van der Waals surface area contributed by atoms with Crippen LogP contribution in [0.2, 0.25) is 0 Å². The fraction of sp³-hybridized carbons (Fsp3) is 0.414. The summed E-state index contributed by atoms with van der Waals surface area (Å²) in [7, 11) is 0. The molecule has 2 heterocycles. The van der Waals surface area contributed by atoms with Crippen LogP contribution in [0.25, 0.3) is 67.4 Å². The molecule has 0 saturated heterocycles. The van der Waals surface area contributed by atoms with E-state index < -0.39 is 0 Å². The van der Waals surface area contributed by atoms with Crippen molar-refractivity contribution >= 4 is 34.1 Å². The van der Waals surface area contributed by atoms with Crippen molar-refractivity contribution in [1.29, 1.82) is 0 Å². The molecule has 0 aliphatic carbocycles. The Balaban J connectivity index is 1.02. The van der Waals surface area contributed by atoms with Crippen LogP contribution in [0.15, 0.2) is 93.8 Å². The van der Waals surface area contributed by atoms with Gasteiger partial charge >= 0.3 is 11.9 Å². The van der Waals surface area contributed by atoms with Crippen molar-refractivity contribution in [2.45, 2.75) is 131 Å². The van der Waals surface area contributed by atoms with E-state index in [4.69, 9.17) is 37.7 Å². The molecule has 0 fully saturated rings. The van der Waals surface area contributed by atoms with E-state index in [0.717, 1.165) is 94.4 Å². The van der Waals surface area contributed by atoms with Crippen LogP contribution in [-0.2, 0) is 29.9 Å². The van der Waals surface area contributed by atoms with Crippen molar-refractivity contribution < 1.29 is 37.4 Å². The van der Waals surface area contributed by atoms with Gasteiger partial charge in [0.1, 0.15) is 22.5 Å². The van der Waals surface area contributed by atoms with Gasteiger partial charge in [-0.15, -0.1) is 0 Å². The quantitative estimate of drug-likeness (QED) is 0.0539. The van der Waals surface area contributed by atoms with Gasteiger partial charge in [0.05, 0.1) is 26.4 Å². The van der Waals surface area contributed by atoms with Crippen molar-refractivity contribution in [3.63, 3.8) is 0 Å². The van der Waals surface area contributed by atoms with Gasteiger partial charge in [0.2, 0.25) is 11.8 Å². The summed E-state index contributed by atoms with van der Waals surface area (Å²) in [6.07, 6.45) is 5.89. The number of hydrogen-bond donors (Lipinski definition) is 0. The van der Waals surface area contributed by atoms with Crippen LogP contribution in [-0.4, -0.2) is 48.3 Å². The third-order valence-electron chi connectivity index (χ3n) is 12.2. The summed E-state index contributed by atoms with van der Waals surface area (Å²) in [5.41, 5.74) is 13.5. The average molecular weight is 921 g/mol. The van der Waals surface area contributed by atoms with Crippen LogP contribution in [0.4, 0.5) is 0 Å². The standard InChI is InChI=1S/C58H68N2O8/c1-11-63-53(61)19-15-13-17-29-65-49-35-51-47(33-45(49)57(5,6)7)59-55(67-51)41-25-21-39(22-26-41)43-31-38(4)44(32-37(43)3)40-23-27-42(28-24-40)56-60-48-34-46(58(8,9)10)50(36-52(48)68-56)66-30-18-14-16-20-54(62)64-12-2/h21-28,31-36H,11-20,29-30H2,1-10H3. The second kappa shape index (κ2) is 21.7. The number of aryl methyl sites for hydroxylation is 2. The van der Waals surface area contributed by atoms with Crippen LogP contribution >= 0.6 is 0 Å². The Morgan fingerprint density at radius 3 is 1.22 bits per heavy atom. The number of rotatable bonds is 20. The van der Waals surface area contributed by atoms with Gasteiger partial charge < -0.3 is 27.8 Å². The highest BCUT2D eigenvalue weighted by molar-refractivity contribution is 5.83. The van der Waals surface area contributed by atoms with E-state index in [2.05, 4.69) is 128 Å². The van der Waals surface area contributed by atoms with E-state index in [-0.39, 0.29) is 22.8 Å². The van der Waals surface area contributed by atoms with E-state index in [1.807, 2.05) is 26.0 Å². The lowest BCUT2D eigenvalue weighted by Crippen LogP contribution is -2.14. The second-order valence-electron chi connectivity index (χ2n) is 19.7. The molecule has 358 valence electrons. The maximum atomic E-state index is 11.7. The first-order valence-corrected chi connectivity index (χ1v) is 24.3. The lowest BCUT2D eigenvalue weighted by Gasteiger charge is -2.22. The Labute approximate surface area is 401 Å². The first-order valence-electron chi connectivity index (χ1n) is 24.3. The predicted octanol–water partition coefficient (Wildman–Crippen LogP) is 14.9. The number of ether oxygens (including phenoxy) is 4. The Morgan fingerprint density at radius 1 is 0.500 bits per heavy atom. The largest absolute Gasteiger partial charge is 0.493 e. The number of nitrogens with zero attached hydrogens (tertiary/aromatic N) is 2. The maximum Gasteiger partial charge on any atom is 0.305 e. The number of esters is 2. The van der Waals surface area contributed by atoms with Crippen molar-refractivity contribution in [2.24, 2.45) is 0 Å². The fourth-order valence-corrected chi connectivity index (χ4v) is 8.52. The van der Waals surface area contributed by atoms with Crippen molar-refractivity contribution in [1.82, 2.24) is 9.97 Å². The first kappa shape index (κ1) is 49.5. The molecular formula is C58H68N2O8. The summed E-state index contributed by atoms with van der Waals surface area (Å²) in [4.78, 5) is 33.2. The summed E-state index contributed by atoms with van der Waals surface area (Å²) in [5.74, 6) is 2.43. The zero-order chi connectivity index (χ0) is 48.6. The highest BCUT2D eigenvalue weighted by atomic mass is 16.5. The summed E-state index contributed by atoms with van der Waals surface area (Å²) in [6, 6.07) is 29.4. The average Bonchev–Trinajstić information content (AvgIpc) is 3.92. The molecule has 10 nitrogen and oxygen atoms in total. The van der Waals surface area contributed by atoms with Crippen LogP contribution in [0.5, 0.6) is 11.5 Å². The molecule has 10 heteroatoms. The molecule has 0 bridgehead atoms. The van der Waals surface area contributed by atoms with Gasteiger partial charge in [0, 0.05) is 47.2 Å². The molecule has 0 atom stereocenters. The summed E-state index contributed by atoms with van der Waals surface area (Å²) >= 11 is 0. The lowest BCUT2D eigenvalue weighted by atomic mass is 9.86. The number of benzene rings is 5. The Hall–Kier alpha value is -6.42. The highest BCUT2D eigenvalue weighted by Crippen LogP contribution is 2.40. The monoisotopic (exact) mass is 920 g/mol. The first-order chi connectivity index (χ1) is 32.5. The fourth-order valence-electron chi connectivity index (χ4n) is 8.52. The minimum atomic E-state index is -0.160. The molecule has 2 aromatic heterocycles. The number of aromatic nitrogens is 2. The van der Waals surface area contributed by atoms with E-state index in [1.54, 1.807) is 0 Å². The van der Waals surface area contributed by atoms with Gasteiger partial charge in [-0.2, -0.15) is 0 Å². The maximum absolute atomic E-state index is 11.7. The van der Waals surface area contributed by atoms with Gasteiger partial charge in [-0.25, -0.2) is 9.97 Å². The zero-order valence-corrected chi connectivity index (χ0v) is 41.7. The number of carbonyl (C=O) groups excluding carboxylic acids is 2. The van der Waals surface area contributed by atoms with E-state index in [9.17, 15) is 9.59 Å². The Bertz CT molecular complexity index is 2640. The number of oxazole rings is 2. The molecule has 0 radical (unpaired) electrons. The lowest BCUT2D eigenvalue weighted by molar-refractivity contribution is -0.144. The molecule has 0 aliphatic rings. The zero-order valence-electron chi connectivity index (χ0n) is 41.7. The van der Waals surface area contributed by atoms with Crippen LogP contribution in [0.1, 0.15) is 129 Å². The van der Waals surface area contributed by atoms with E-state index >= 15 is 0 Å². The van der Waals surface area contributed by atoms with Gasteiger partial charge in [-0.3, -0.25) is 9.59 Å². The predicted molar refractivity (Wildman–Crippen MR) is 271 cm³/mol. The van der Waals surface area contributed by atoms with Crippen molar-refractivity contribution in [2.75, 3.05) is 26.4 Å². The number of fused-ring (bicyclic) bond motifs is 2. The third-order valence-corrected chi connectivity index (χ3v) is 12.2. The summed E-state index contributed by atoms with van der Waals surface area (Å²) in [5, 5.41) is 0. The van der Waals surface area contributed by atoms with Gasteiger partial charge in [0.25, 0.3) is 0 Å². The summed E-state index contributed by atoms with van der Waals surface area (Å²) < 4.78 is 35.4. The SMILES string of the molecule is CCOC(=O)CCCCCOc1cc2oc(-c3ccc(-c4cc(C)c(-c5ccc(-c6nc7cc(C(C)(C)C)c(OCCCCCC(=O)OCC)cc7o6)cc5)cc4C)cc3)nc2cc1C(C)(C)C. The number of unbranched alkanes of at least 4 members (excludes halogenated alkanes) is 4. The van der Waals surface area contributed by atoms with Gasteiger partial charge in [0.15, 0.2) is 11.2 Å². The highest BCUT2D eigenvalue weighted by Gasteiger charge is 2.24. The molecule has 0 unspecified atom stereocenters. The molecule has 0 amide bonds. The minimum Gasteiger partial charge on any atom is -0.493 e. The molecule has 68 heavy (non-hydrogen) atoms. The summed E-state index contributed by atoms with van der Waals surface area (Å²) in [6.45, 7) is 22.9. The Morgan fingerprint density at radius 2 is 0.868 bits per heavy atom. The van der Waals surface area contributed by atoms with Crippen LogP contribution in [0.3, 0.4) is 0 Å². The molecule has 5 aromatic carbocycles. The number of carbonyl (C=O) groups is 2. The van der Waals surface area contributed by atoms with Crippen LogP contribution < -0.4 is 9.47 Å². The minimum absolute atomic E-state index is 0.144. The second-order valence-corrected chi connectivity index (χ2v) is 19.7. The third kappa shape index (κ3) is 12.2. The normalized spacial score (nSPS) is 11.9. The number of hydrogen-bond acceptors (Lipinski definition) is 10. The van der Waals surface area contributed by atoms with Crippen molar-refractivity contribution in [3.05, 3.63) is 107 Å². The molecule has 0 aliphatic heterocycles. The van der Waals surface area contributed by atoms with E-state index in [1.165, 1.54) is 22.3 Å². The van der Waals surface area contributed by atoms with Crippen molar-refractivity contribution in [3.8, 4) is 56.7 Å². The smallest absolute Gasteiger partial charge is 0.305 e. The molecule has 0 spiro atoms. The Kier molecular flexibility index (Phi) is 15.8.